The summed E-state index contributed by atoms with van der Waals surface area (Å²) in [4.78, 5) is 12.1. The molecular weight excluding hydrogens is 255 g/mol. The van der Waals surface area contributed by atoms with Gasteiger partial charge in [0, 0.05) is 0 Å². The molecule has 100 valence electrons. The van der Waals surface area contributed by atoms with Gasteiger partial charge in [-0.15, -0.1) is 0 Å². The van der Waals surface area contributed by atoms with Crippen LogP contribution in [0.2, 0.25) is 0 Å². The largest absolute Gasteiger partial charge is 0.488 e. The molecule has 0 bridgehead atoms. The Bertz CT molecular complexity index is 637. The van der Waals surface area contributed by atoms with Crippen molar-refractivity contribution in [2.45, 2.75) is 12.5 Å². The zero-order chi connectivity index (χ0) is 14.1. The van der Waals surface area contributed by atoms with E-state index in [1.807, 2.05) is 12.1 Å². The second-order valence-corrected chi connectivity index (χ2v) is 4.77. The summed E-state index contributed by atoms with van der Waals surface area (Å²) in [5.74, 6) is 0.656. The molecule has 0 spiro atoms. The number of carbonyl (C=O) groups excluding carboxylic acids is 1. The van der Waals surface area contributed by atoms with Crippen LogP contribution < -0.4 is 10.2 Å². The van der Waals surface area contributed by atoms with E-state index < -0.39 is 7.12 Å². The van der Waals surface area contributed by atoms with Crippen LogP contribution in [0.15, 0.2) is 48.5 Å². The Labute approximate surface area is 116 Å². The van der Waals surface area contributed by atoms with Gasteiger partial charge in [-0.25, -0.2) is 0 Å². The molecule has 5 heteroatoms. The molecule has 0 radical (unpaired) electrons. The Morgan fingerprint density at radius 3 is 2.45 bits per heavy atom. The fraction of sp³-hybridized carbons (Fsp3) is 0.133. The maximum absolute atomic E-state index is 12.1. The quantitative estimate of drug-likeness (QED) is 0.799. The minimum Gasteiger partial charge on any atom is -0.484 e. The van der Waals surface area contributed by atoms with Crippen molar-refractivity contribution in [3.63, 3.8) is 0 Å². The van der Waals surface area contributed by atoms with Gasteiger partial charge in [0.15, 0.2) is 5.78 Å². The van der Waals surface area contributed by atoms with Gasteiger partial charge in [0.2, 0.25) is 0 Å². The van der Waals surface area contributed by atoms with Crippen molar-refractivity contribution < 1.29 is 19.6 Å². The van der Waals surface area contributed by atoms with E-state index in [9.17, 15) is 4.79 Å². The summed E-state index contributed by atoms with van der Waals surface area (Å²) < 4.78 is 5.84. The number of carbonyl (C=O) groups is 1. The molecule has 0 aliphatic carbocycles. The summed E-state index contributed by atoms with van der Waals surface area (Å²) in [6.07, 6.45) is -0.0415. The third-order valence-corrected chi connectivity index (χ3v) is 3.43. The molecule has 2 N–H and O–H groups in total. The molecule has 4 nitrogen and oxygen atoms in total. The van der Waals surface area contributed by atoms with E-state index in [0.29, 0.717) is 16.8 Å². The van der Waals surface area contributed by atoms with Crippen molar-refractivity contribution in [3.8, 4) is 5.75 Å². The third kappa shape index (κ3) is 2.33. The number of para-hydroxylation sites is 1. The lowest BCUT2D eigenvalue weighted by Gasteiger charge is -2.25. The first kappa shape index (κ1) is 12.9. The summed E-state index contributed by atoms with van der Waals surface area (Å²) in [6.45, 7) is 0. The first-order chi connectivity index (χ1) is 9.65. The summed E-state index contributed by atoms with van der Waals surface area (Å²) >= 11 is 0. The Morgan fingerprint density at radius 1 is 1.05 bits per heavy atom. The fourth-order valence-corrected chi connectivity index (χ4v) is 2.34. The SMILES string of the molecule is O=C1CC(c2ccc(B(O)O)cc2)Oc2ccccc21. The van der Waals surface area contributed by atoms with Crippen molar-refractivity contribution in [1.29, 1.82) is 0 Å². The monoisotopic (exact) mass is 268 g/mol. The average Bonchev–Trinajstić information content (AvgIpc) is 2.47. The van der Waals surface area contributed by atoms with Crippen molar-refractivity contribution in [3.05, 3.63) is 59.7 Å². The zero-order valence-corrected chi connectivity index (χ0v) is 10.7. The van der Waals surface area contributed by atoms with Crippen LogP contribution >= 0.6 is 0 Å². The molecule has 3 rings (SSSR count). The lowest BCUT2D eigenvalue weighted by atomic mass is 9.79. The lowest BCUT2D eigenvalue weighted by molar-refractivity contribution is 0.0850. The second kappa shape index (κ2) is 5.11. The number of hydrogen-bond donors (Lipinski definition) is 2. The minimum absolute atomic E-state index is 0.0584. The van der Waals surface area contributed by atoms with E-state index in [0.717, 1.165) is 5.56 Å². The van der Waals surface area contributed by atoms with E-state index in [2.05, 4.69) is 0 Å². The lowest BCUT2D eigenvalue weighted by Crippen LogP contribution is -2.30. The van der Waals surface area contributed by atoms with Crippen molar-refractivity contribution in [2.24, 2.45) is 0 Å². The van der Waals surface area contributed by atoms with E-state index >= 15 is 0 Å². The van der Waals surface area contributed by atoms with Crippen LogP contribution in [0.4, 0.5) is 0 Å². The molecular formula is C15H13BO4. The van der Waals surface area contributed by atoms with Crippen LogP contribution in [-0.4, -0.2) is 22.9 Å². The van der Waals surface area contributed by atoms with Gasteiger partial charge in [0.1, 0.15) is 11.9 Å². The summed E-state index contributed by atoms with van der Waals surface area (Å²) in [6, 6.07) is 13.9. The number of ketones is 1. The van der Waals surface area contributed by atoms with Gasteiger partial charge in [0.25, 0.3) is 0 Å². The maximum atomic E-state index is 12.1. The molecule has 1 unspecified atom stereocenters. The molecule has 0 amide bonds. The Hall–Kier alpha value is -2.11. The Balaban J connectivity index is 1.88. The molecule has 2 aromatic carbocycles. The van der Waals surface area contributed by atoms with Crippen molar-refractivity contribution in [1.82, 2.24) is 0 Å². The van der Waals surface area contributed by atoms with Gasteiger partial charge < -0.3 is 14.8 Å². The zero-order valence-electron chi connectivity index (χ0n) is 10.7. The smallest absolute Gasteiger partial charge is 0.484 e. The van der Waals surface area contributed by atoms with Gasteiger partial charge in [-0.3, -0.25) is 4.79 Å². The standard InChI is InChI=1S/C15H13BO4/c17-13-9-15(20-14-4-2-1-3-12(13)14)10-5-7-11(8-6-10)16(18)19/h1-8,15,18-19H,9H2. The highest BCUT2D eigenvalue weighted by Gasteiger charge is 2.27. The molecule has 1 atom stereocenters. The Morgan fingerprint density at radius 2 is 1.75 bits per heavy atom. The van der Waals surface area contributed by atoms with E-state index in [1.165, 1.54) is 0 Å². The number of ether oxygens (including phenoxy) is 1. The average molecular weight is 268 g/mol. The molecule has 1 aliphatic rings. The number of rotatable bonds is 2. The minimum atomic E-state index is -1.49. The van der Waals surface area contributed by atoms with Gasteiger partial charge in [-0.05, 0) is 23.2 Å². The summed E-state index contributed by atoms with van der Waals surface area (Å²) in [5.41, 5.74) is 1.87. The predicted octanol–water partition coefficient (Wildman–Crippen LogP) is 1.07. The molecule has 0 fully saturated rings. The van der Waals surface area contributed by atoms with Gasteiger partial charge in [-0.1, -0.05) is 36.4 Å². The van der Waals surface area contributed by atoms with Gasteiger partial charge in [0.05, 0.1) is 12.0 Å². The first-order valence-corrected chi connectivity index (χ1v) is 6.40. The fourth-order valence-electron chi connectivity index (χ4n) is 2.34. The van der Waals surface area contributed by atoms with Crippen LogP contribution in [0.25, 0.3) is 0 Å². The van der Waals surface area contributed by atoms with Gasteiger partial charge in [-0.2, -0.15) is 0 Å². The van der Waals surface area contributed by atoms with Crippen LogP contribution in [0.1, 0.15) is 28.4 Å². The molecule has 1 aliphatic heterocycles. The molecule has 20 heavy (non-hydrogen) atoms. The third-order valence-electron chi connectivity index (χ3n) is 3.43. The van der Waals surface area contributed by atoms with E-state index in [-0.39, 0.29) is 18.3 Å². The highest BCUT2D eigenvalue weighted by Crippen LogP contribution is 2.34. The van der Waals surface area contributed by atoms with Crippen molar-refractivity contribution in [2.75, 3.05) is 0 Å². The molecule has 0 aromatic heterocycles. The normalized spacial score (nSPS) is 17.3. The van der Waals surface area contributed by atoms with E-state index in [1.54, 1.807) is 36.4 Å². The van der Waals surface area contributed by atoms with Crippen LogP contribution in [0, 0.1) is 0 Å². The maximum Gasteiger partial charge on any atom is 0.488 e. The summed E-state index contributed by atoms with van der Waals surface area (Å²) in [7, 11) is -1.49. The van der Waals surface area contributed by atoms with Crippen LogP contribution in [0.3, 0.4) is 0 Å². The topological polar surface area (TPSA) is 66.8 Å². The predicted molar refractivity (Wildman–Crippen MR) is 75.0 cm³/mol. The molecule has 0 saturated carbocycles. The first-order valence-electron chi connectivity index (χ1n) is 6.40. The number of benzene rings is 2. The number of hydrogen-bond acceptors (Lipinski definition) is 4. The molecule has 0 saturated heterocycles. The molecule has 1 heterocycles. The Kier molecular flexibility index (Phi) is 3.30. The highest BCUT2D eigenvalue weighted by molar-refractivity contribution is 6.58. The highest BCUT2D eigenvalue weighted by atomic mass is 16.5. The summed E-state index contributed by atoms with van der Waals surface area (Å²) in [5, 5.41) is 18.1. The molecule has 2 aromatic rings. The van der Waals surface area contributed by atoms with Crippen LogP contribution in [-0.2, 0) is 0 Å². The van der Waals surface area contributed by atoms with Crippen molar-refractivity contribution >= 4 is 18.4 Å². The second-order valence-electron chi connectivity index (χ2n) is 4.77. The van der Waals surface area contributed by atoms with Crippen LogP contribution in [0.5, 0.6) is 5.75 Å². The van der Waals surface area contributed by atoms with Gasteiger partial charge >= 0.3 is 7.12 Å². The number of Topliss-reactive ketones (excluding diaryl/α,β-unsaturated/α-hetero) is 1. The number of fused-ring (bicyclic) bond motifs is 1. The van der Waals surface area contributed by atoms with E-state index in [4.69, 9.17) is 14.8 Å².